The van der Waals surface area contributed by atoms with E-state index < -0.39 is 5.97 Å². The minimum atomic E-state index is -1.20. The second-order valence-electron chi connectivity index (χ2n) is 5.54. The number of carbonyl (C=O) groups excluding carboxylic acids is 1. The first-order valence-corrected chi connectivity index (χ1v) is 8.72. The molecular formula is C19H16FN2O2S-. The normalized spacial score (nSPS) is 10.6. The summed E-state index contributed by atoms with van der Waals surface area (Å²) in [6.07, 6.45) is 1.87. The molecule has 3 rings (SSSR count). The molecular weight excluding hydrogens is 339 g/mol. The van der Waals surface area contributed by atoms with Crippen LogP contribution in [0.4, 0.5) is 15.2 Å². The number of anilines is 2. The molecule has 0 saturated heterocycles. The first kappa shape index (κ1) is 17.1. The van der Waals surface area contributed by atoms with Gasteiger partial charge in [-0.2, -0.15) is 0 Å². The fraction of sp³-hybridized carbons (Fsp3) is 0.158. The van der Waals surface area contributed by atoms with E-state index in [0.717, 1.165) is 34.7 Å². The average molecular weight is 355 g/mol. The molecule has 0 bridgehead atoms. The summed E-state index contributed by atoms with van der Waals surface area (Å²) >= 11 is 1.54. The Morgan fingerprint density at radius 2 is 1.84 bits per heavy atom. The van der Waals surface area contributed by atoms with Crippen molar-refractivity contribution in [2.75, 3.05) is 5.32 Å². The Morgan fingerprint density at radius 1 is 1.16 bits per heavy atom. The van der Waals surface area contributed by atoms with E-state index in [1.807, 2.05) is 0 Å². The lowest BCUT2D eigenvalue weighted by Crippen LogP contribution is -2.21. The summed E-state index contributed by atoms with van der Waals surface area (Å²) < 4.78 is 13.2. The van der Waals surface area contributed by atoms with E-state index in [-0.39, 0.29) is 11.4 Å². The summed E-state index contributed by atoms with van der Waals surface area (Å²) in [5, 5.41) is 14.7. The highest BCUT2D eigenvalue weighted by Gasteiger charge is 2.13. The molecule has 1 aromatic heterocycles. The Hall–Kier alpha value is -2.73. The van der Waals surface area contributed by atoms with Gasteiger partial charge in [0.2, 0.25) is 0 Å². The van der Waals surface area contributed by atoms with Crippen molar-refractivity contribution in [2.45, 2.75) is 19.8 Å². The number of nitrogens with zero attached hydrogens (tertiary/aromatic N) is 1. The number of thiazole rings is 1. The summed E-state index contributed by atoms with van der Waals surface area (Å²) in [5.41, 5.74) is 2.60. The predicted molar refractivity (Wildman–Crippen MR) is 95.6 cm³/mol. The number of nitrogens with one attached hydrogen (secondary N) is 1. The van der Waals surface area contributed by atoms with E-state index in [1.54, 1.807) is 35.6 Å². The smallest absolute Gasteiger partial charge is 0.187 e. The number of halogens is 1. The molecule has 0 unspecified atom stereocenters. The lowest BCUT2D eigenvalue weighted by molar-refractivity contribution is -0.255. The van der Waals surface area contributed by atoms with Crippen molar-refractivity contribution in [1.29, 1.82) is 0 Å². The highest BCUT2D eigenvalue weighted by Crippen LogP contribution is 2.33. The van der Waals surface area contributed by atoms with Crippen LogP contribution in [-0.2, 0) is 6.42 Å². The first-order valence-electron chi connectivity index (χ1n) is 7.91. The zero-order valence-electron chi connectivity index (χ0n) is 13.6. The molecule has 0 fully saturated rings. The molecule has 0 spiro atoms. The third kappa shape index (κ3) is 4.03. The number of carboxylic acid groups (broad SMARTS) is 1. The van der Waals surface area contributed by atoms with E-state index in [2.05, 4.69) is 17.2 Å². The van der Waals surface area contributed by atoms with Crippen LogP contribution in [0.5, 0.6) is 0 Å². The van der Waals surface area contributed by atoms with Gasteiger partial charge in [0.1, 0.15) is 5.82 Å². The van der Waals surface area contributed by atoms with Crippen LogP contribution in [-0.4, -0.2) is 11.0 Å². The highest BCUT2D eigenvalue weighted by atomic mass is 32.1. The Morgan fingerprint density at radius 3 is 2.44 bits per heavy atom. The van der Waals surface area contributed by atoms with Crippen molar-refractivity contribution in [3.63, 3.8) is 0 Å². The SMILES string of the molecule is CCCc1sc(Nc2ccc(C(=O)[O-])cc2)nc1-c1ccc(F)cc1. The van der Waals surface area contributed by atoms with Crippen LogP contribution in [0.1, 0.15) is 28.6 Å². The quantitative estimate of drug-likeness (QED) is 0.726. The van der Waals surface area contributed by atoms with Crippen LogP contribution in [0.15, 0.2) is 48.5 Å². The number of aromatic nitrogens is 1. The molecule has 6 heteroatoms. The molecule has 0 saturated carbocycles. The Balaban J connectivity index is 1.88. The monoisotopic (exact) mass is 355 g/mol. The molecule has 1 heterocycles. The summed E-state index contributed by atoms with van der Waals surface area (Å²) in [4.78, 5) is 16.6. The van der Waals surface area contributed by atoms with E-state index in [4.69, 9.17) is 0 Å². The topological polar surface area (TPSA) is 65.0 Å². The minimum absolute atomic E-state index is 0.128. The van der Waals surface area contributed by atoms with Gasteiger partial charge in [0.25, 0.3) is 0 Å². The fourth-order valence-corrected chi connectivity index (χ4v) is 3.55. The number of aryl methyl sites for hydroxylation is 1. The third-order valence-electron chi connectivity index (χ3n) is 3.66. The van der Waals surface area contributed by atoms with Gasteiger partial charge in [0, 0.05) is 16.1 Å². The molecule has 0 aliphatic rings. The number of carboxylic acids is 1. The Kier molecular flexibility index (Phi) is 5.09. The average Bonchev–Trinajstić information content (AvgIpc) is 2.99. The van der Waals surface area contributed by atoms with Gasteiger partial charge in [-0.25, -0.2) is 9.37 Å². The number of benzene rings is 2. The molecule has 1 N–H and O–H groups in total. The maximum atomic E-state index is 13.2. The number of aromatic carboxylic acids is 1. The maximum Gasteiger partial charge on any atom is 0.187 e. The van der Waals surface area contributed by atoms with Crippen LogP contribution >= 0.6 is 11.3 Å². The van der Waals surface area contributed by atoms with Gasteiger partial charge in [0.15, 0.2) is 5.13 Å². The second kappa shape index (κ2) is 7.44. The van der Waals surface area contributed by atoms with Crippen molar-refractivity contribution < 1.29 is 14.3 Å². The Labute approximate surface area is 149 Å². The molecule has 0 aliphatic heterocycles. The van der Waals surface area contributed by atoms with E-state index in [0.29, 0.717) is 5.13 Å². The molecule has 0 amide bonds. The summed E-state index contributed by atoms with van der Waals surface area (Å²) in [5.74, 6) is -1.48. The van der Waals surface area contributed by atoms with E-state index in [1.165, 1.54) is 24.3 Å². The summed E-state index contributed by atoms with van der Waals surface area (Å²) in [7, 11) is 0. The number of hydrogen-bond donors (Lipinski definition) is 1. The standard InChI is InChI=1S/C19H17FN2O2S/c1-2-3-16-17(12-4-8-14(20)9-5-12)22-19(25-16)21-15-10-6-13(7-11-15)18(23)24/h4-11H,2-3H2,1H3,(H,21,22)(H,23,24)/p-1. The van der Waals surface area contributed by atoms with E-state index in [9.17, 15) is 14.3 Å². The molecule has 3 aromatic rings. The van der Waals surface area contributed by atoms with Crippen molar-refractivity contribution in [3.05, 3.63) is 64.8 Å². The van der Waals surface area contributed by atoms with Gasteiger partial charge in [-0.3, -0.25) is 0 Å². The minimum Gasteiger partial charge on any atom is -0.545 e. The lowest BCUT2D eigenvalue weighted by Gasteiger charge is -2.05. The van der Waals surface area contributed by atoms with Crippen molar-refractivity contribution in [2.24, 2.45) is 0 Å². The number of carbonyl (C=O) groups is 1. The van der Waals surface area contributed by atoms with Crippen molar-refractivity contribution in [1.82, 2.24) is 4.98 Å². The van der Waals surface area contributed by atoms with Gasteiger partial charge in [-0.15, -0.1) is 11.3 Å². The maximum absolute atomic E-state index is 13.2. The molecule has 2 aromatic carbocycles. The van der Waals surface area contributed by atoms with Crippen LogP contribution in [0, 0.1) is 5.82 Å². The second-order valence-corrected chi connectivity index (χ2v) is 6.62. The Bertz CT molecular complexity index is 873. The lowest BCUT2D eigenvalue weighted by atomic mass is 10.1. The van der Waals surface area contributed by atoms with Crippen LogP contribution in [0.2, 0.25) is 0 Å². The van der Waals surface area contributed by atoms with Crippen LogP contribution in [0.3, 0.4) is 0 Å². The van der Waals surface area contributed by atoms with Gasteiger partial charge in [-0.05, 0) is 48.4 Å². The first-order chi connectivity index (χ1) is 12.1. The molecule has 128 valence electrons. The van der Waals surface area contributed by atoms with Gasteiger partial charge >= 0.3 is 0 Å². The van der Waals surface area contributed by atoms with Crippen LogP contribution in [0.25, 0.3) is 11.3 Å². The largest absolute Gasteiger partial charge is 0.545 e. The summed E-state index contributed by atoms with van der Waals surface area (Å²) in [6, 6.07) is 12.6. The fourth-order valence-electron chi connectivity index (χ4n) is 2.45. The third-order valence-corrected chi connectivity index (χ3v) is 4.69. The van der Waals surface area contributed by atoms with Crippen molar-refractivity contribution >= 4 is 28.1 Å². The van der Waals surface area contributed by atoms with Gasteiger partial charge < -0.3 is 15.2 Å². The zero-order valence-corrected chi connectivity index (χ0v) is 14.4. The molecule has 0 atom stereocenters. The van der Waals surface area contributed by atoms with Crippen molar-refractivity contribution in [3.8, 4) is 11.3 Å². The highest BCUT2D eigenvalue weighted by molar-refractivity contribution is 7.16. The number of rotatable bonds is 6. The molecule has 25 heavy (non-hydrogen) atoms. The summed E-state index contributed by atoms with van der Waals surface area (Å²) in [6.45, 7) is 2.10. The molecule has 4 nitrogen and oxygen atoms in total. The van der Waals surface area contributed by atoms with E-state index >= 15 is 0 Å². The molecule has 0 radical (unpaired) electrons. The van der Waals surface area contributed by atoms with Gasteiger partial charge in [0.05, 0.1) is 11.7 Å². The zero-order chi connectivity index (χ0) is 17.8. The number of hydrogen-bond acceptors (Lipinski definition) is 5. The predicted octanol–water partition coefficient (Wildman–Crippen LogP) is 4.01. The molecule has 0 aliphatic carbocycles. The van der Waals surface area contributed by atoms with Gasteiger partial charge in [-0.1, -0.05) is 25.5 Å². The van der Waals surface area contributed by atoms with Crippen LogP contribution < -0.4 is 10.4 Å².